The topological polar surface area (TPSA) is 17.1 Å². The molecular weight excluding hydrogens is 518 g/mol. The summed E-state index contributed by atoms with van der Waals surface area (Å²) < 4.78 is 80.7. The predicted molar refractivity (Wildman–Crippen MR) is 101 cm³/mol. The standard InChI is InChI=1S/C19H14Br2F6O/c1-9-13(5-3-11(7-20)15(9)18(22,23)24)17(28)14-6-4-12(8-21)16(10(14)2)19(25,26)27/h3-6H,7-8H2,1-2H3. The Morgan fingerprint density at radius 2 is 1.07 bits per heavy atom. The Morgan fingerprint density at radius 3 is 1.32 bits per heavy atom. The number of rotatable bonds is 4. The first-order chi connectivity index (χ1) is 12.8. The molecule has 1 nitrogen and oxygen atoms in total. The maximum atomic E-state index is 13.5. The first-order valence-electron chi connectivity index (χ1n) is 7.90. The second-order valence-corrected chi connectivity index (χ2v) is 7.26. The largest absolute Gasteiger partial charge is 0.416 e. The molecule has 28 heavy (non-hydrogen) atoms. The van der Waals surface area contributed by atoms with Crippen molar-refractivity contribution in [2.45, 2.75) is 36.9 Å². The summed E-state index contributed by atoms with van der Waals surface area (Å²) in [5.41, 5.74) is -3.20. The molecule has 0 heterocycles. The molecule has 0 saturated carbocycles. The van der Waals surface area contributed by atoms with E-state index in [-0.39, 0.29) is 44.0 Å². The van der Waals surface area contributed by atoms with Crippen LogP contribution in [0.4, 0.5) is 26.3 Å². The van der Waals surface area contributed by atoms with Crippen molar-refractivity contribution in [3.05, 3.63) is 68.8 Å². The molecule has 2 rings (SSSR count). The summed E-state index contributed by atoms with van der Waals surface area (Å²) in [4.78, 5) is 12.9. The van der Waals surface area contributed by atoms with Crippen LogP contribution in [-0.4, -0.2) is 5.78 Å². The number of benzene rings is 2. The van der Waals surface area contributed by atoms with Crippen molar-refractivity contribution >= 4 is 37.6 Å². The minimum atomic E-state index is -4.70. The summed E-state index contributed by atoms with van der Waals surface area (Å²) in [7, 11) is 0. The second kappa shape index (κ2) is 8.18. The molecule has 2 aromatic rings. The van der Waals surface area contributed by atoms with Crippen LogP contribution in [0.5, 0.6) is 0 Å². The number of carbonyl (C=O) groups is 1. The Labute approximate surface area is 174 Å². The fourth-order valence-corrected chi connectivity index (χ4v) is 4.12. The van der Waals surface area contributed by atoms with Gasteiger partial charge in [-0.2, -0.15) is 26.3 Å². The van der Waals surface area contributed by atoms with Gasteiger partial charge in [0.2, 0.25) is 0 Å². The number of carbonyl (C=O) groups excluding carboxylic acids is 1. The van der Waals surface area contributed by atoms with E-state index in [0.717, 1.165) is 26.0 Å². The van der Waals surface area contributed by atoms with E-state index in [1.807, 2.05) is 0 Å². The summed E-state index contributed by atoms with van der Waals surface area (Å²) in [6.45, 7) is 2.30. The molecule has 0 aliphatic heterocycles. The van der Waals surface area contributed by atoms with Gasteiger partial charge >= 0.3 is 12.4 Å². The molecule has 0 fully saturated rings. The van der Waals surface area contributed by atoms with E-state index in [0.29, 0.717) is 0 Å². The minimum absolute atomic E-state index is 0.0520. The van der Waals surface area contributed by atoms with Gasteiger partial charge in [0.1, 0.15) is 0 Å². The Kier molecular flexibility index (Phi) is 6.70. The molecule has 0 radical (unpaired) electrons. The third kappa shape index (κ3) is 4.30. The van der Waals surface area contributed by atoms with E-state index in [1.54, 1.807) is 0 Å². The third-order valence-electron chi connectivity index (χ3n) is 4.45. The van der Waals surface area contributed by atoms with Gasteiger partial charge in [-0.25, -0.2) is 0 Å². The smallest absolute Gasteiger partial charge is 0.289 e. The molecule has 152 valence electrons. The molecule has 0 spiro atoms. The van der Waals surface area contributed by atoms with Gasteiger partial charge in [0, 0.05) is 21.8 Å². The molecule has 0 aromatic heterocycles. The van der Waals surface area contributed by atoms with E-state index in [9.17, 15) is 31.1 Å². The van der Waals surface area contributed by atoms with Gasteiger partial charge in [0.05, 0.1) is 11.1 Å². The van der Waals surface area contributed by atoms with Gasteiger partial charge in [0.15, 0.2) is 5.78 Å². The Hall–Kier alpha value is -1.35. The predicted octanol–water partition coefficient (Wildman–Crippen LogP) is 7.36. The van der Waals surface area contributed by atoms with Gasteiger partial charge in [-0.3, -0.25) is 4.79 Å². The molecule has 0 amide bonds. The zero-order valence-corrected chi connectivity index (χ0v) is 17.8. The van der Waals surface area contributed by atoms with Crippen LogP contribution in [0.3, 0.4) is 0 Å². The number of alkyl halides is 8. The summed E-state index contributed by atoms with van der Waals surface area (Å²) in [5.74, 6) is -0.881. The van der Waals surface area contributed by atoms with E-state index in [4.69, 9.17) is 0 Å². The summed E-state index contributed by atoms with van der Waals surface area (Å²) >= 11 is 5.97. The van der Waals surface area contributed by atoms with Crippen LogP contribution >= 0.6 is 31.9 Å². The maximum absolute atomic E-state index is 13.5. The van der Waals surface area contributed by atoms with Crippen molar-refractivity contribution in [2.24, 2.45) is 0 Å². The molecule has 0 aliphatic rings. The van der Waals surface area contributed by atoms with Crippen LogP contribution in [0, 0.1) is 13.8 Å². The maximum Gasteiger partial charge on any atom is 0.416 e. The highest BCUT2D eigenvalue weighted by Crippen LogP contribution is 2.39. The highest BCUT2D eigenvalue weighted by atomic mass is 79.9. The van der Waals surface area contributed by atoms with Crippen LogP contribution in [0.2, 0.25) is 0 Å². The first kappa shape index (κ1) is 22.9. The first-order valence-corrected chi connectivity index (χ1v) is 10.1. The van der Waals surface area contributed by atoms with Gasteiger partial charge in [0.25, 0.3) is 0 Å². The van der Waals surface area contributed by atoms with Crippen molar-refractivity contribution in [2.75, 3.05) is 0 Å². The van der Waals surface area contributed by atoms with E-state index in [2.05, 4.69) is 31.9 Å². The SMILES string of the molecule is Cc1c(C(=O)c2ccc(CBr)c(C(F)(F)F)c2C)ccc(CBr)c1C(F)(F)F. The number of hydrogen-bond acceptors (Lipinski definition) is 1. The molecule has 0 saturated heterocycles. The lowest BCUT2D eigenvalue weighted by Gasteiger charge is -2.20. The van der Waals surface area contributed by atoms with Crippen LogP contribution in [0.1, 0.15) is 49.3 Å². The van der Waals surface area contributed by atoms with Gasteiger partial charge in [-0.15, -0.1) is 0 Å². The summed E-state index contributed by atoms with van der Waals surface area (Å²) in [6.07, 6.45) is -9.40. The second-order valence-electron chi connectivity index (χ2n) is 6.14. The van der Waals surface area contributed by atoms with Crippen molar-refractivity contribution < 1.29 is 31.1 Å². The quantitative estimate of drug-likeness (QED) is 0.229. The molecule has 0 atom stereocenters. The average Bonchev–Trinajstić information content (AvgIpc) is 2.58. The van der Waals surface area contributed by atoms with Gasteiger partial charge in [-0.05, 0) is 36.1 Å². The fraction of sp³-hybridized carbons (Fsp3) is 0.316. The summed E-state index contributed by atoms with van der Waals surface area (Å²) in [5, 5.41) is -0.150. The van der Waals surface area contributed by atoms with Gasteiger partial charge < -0.3 is 0 Å². The molecule has 2 aromatic carbocycles. The van der Waals surface area contributed by atoms with Crippen molar-refractivity contribution in [1.29, 1.82) is 0 Å². The Bertz CT molecular complexity index is 843. The minimum Gasteiger partial charge on any atom is -0.289 e. The van der Waals surface area contributed by atoms with Crippen LogP contribution in [-0.2, 0) is 23.0 Å². The van der Waals surface area contributed by atoms with Crippen molar-refractivity contribution in [1.82, 2.24) is 0 Å². The van der Waals surface area contributed by atoms with Crippen LogP contribution in [0.25, 0.3) is 0 Å². The highest BCUT2D eigenvalue weighted by Gasteiger charge is 2.38. The van der Waals surface area contributed by atoms with Crippen molar-refractivity contribution in [3.8, 4) is 0 Å². The monoisotopic (exact) mass is 530 g/mol. The number of hydrogen-bond donors (Lipinski definition) is 0. The molecule has 0 N–H and O–H groups in total. The lowest BCUT2D eigenvalue weighted by molar-refractivity contribution is -0.139. The molecular formula is C19H14Br2F6O. The average molecular weight is 532 g/mol. The Balaban J connectivity index is 2.72. The number of ketones is 1. The van der Waals surface area contributed by atoms with E-state index in [1.165, 1.54) is 12.1 Å². The lowest BCUT2D eigenvalue weighted by Crippen LogP contribution is -2.18. The summed E-state index contributed by atoms with van der Waals surface area (Å²) in [6, 6.07) is 4.75. The van der Waals surface area contributed by atoms with Crippen LogP contribution < -0.4 is 0 Å². The zero-order valence-electron chi connectivity index (χ0n) is 14.7. The Morgan fingerprint density at radius 1 is 0.750 bits per heavy atom. The molecule has 0 aliphatic carbocycles. The van der Waals surface area contributed by atoms with E-state index >= 15 is 0 Å². The normalized spacial score (nSPS) is 12.4. The molecule has 0 unspecified atom stereocenters. The van der Waals surface area contributed by atoms with Gasteiger partial charge in [-0.1, -0.05) is 56.1 Å². The van der Waals surface area contributed by atoms with E-state index < -0.39 is 29.3 Å². The fourth-order valence-electron chi connectivity index (χ4n) is 3.18. The molecule has 9 heteroatoms. The number of halogens is 8. The van der Waals surface area contributed by atoms with Crippen LogP contribution in [0.15, 0.2) is 24.3 Å². The zero-order chi connectivity index (χ0) is 21.4. The van der Waals surface area contributed by atoms with Crippen molar-refractivity contribution in [3.63, 3.8) is 0 Å². The highest BCUT2D eigenvalue weighted by molar-refractivity contribution is 9.08. The third-order valence-corrected chi connectivity index (χ3v) is 5.65. The lowest BCUT2D eigenvalue weighted by atomic mass is 9.88. The molecule has 0 bridgehead atoms.